The highest BCUT2D eigenvalue weighted by atomic mass is 16.5. The van der Waals surface area contributed by atoms with Gasteiger partial charge < -0.3 is 14.4 Å². The van der Waals surface area contributed by atoms with Crippen molar-refractivity contribution in [1.29, 1.82) is 0 Å². The molecule has 0 aliphatic rings. The van der Waals surface area contributed by atoms with Gasteiger partial charge in [0.05, 0.1) is 26.1 Å². The van der Waals surface area contributed by atoms with Crippen molar-refractivity contribution in [3.8, 4) is 0 Å². The van der Waals surface area contributed by atoms with Crippen LogP contribution in [0.3, 0.4) is 0 Å². The second-order valence-corrected chi connectivity index (χ2v) is 3.87. The average Bonchev–Trinajstić information content (AvgIpc) is 2.33. The Hall–Kier alpha value is -1.10. The maximum absolute atomic E-state index is 11.4. The standard InChI is InChI=1S/C12H23NO4/c1-5-13(8-7-11(14)16-4)9-10(3)12(15)17-6-2/h10H,5-9H2,1-4H3. The molecule has 0 bridgehead atoms. The van der Waals surface area contributed by atoms with Crippen molar-refractivity contribution in [2.75, 3.05) is 33.4 Å². The summed E-state index contributed by atoms with van der Waals surface area (Å²) < 4.78 is 9.52. The number of methoxy groups -OCH3 is 1. The molecule has 0 radical (unpaired) electrons. The van der Waals surface area contributed by atoms with Crippen LogP contribution in [0.4, 0.5) is 0 Å². The Kier molecular flexibility index (Phi) is 8.40. The molecule has 0 amide bonds. The first-order valence-corrected chi connectivity index (χ1v) is 6.00. The lowest BCUT2D eigenvalue weighted by Crippen LogP contribution is -2.34. The third-order valence-corrected chi connectivity index (χ3v) is 2.53. The van der Waals surface area contributed by atoms with Crippen molar-refractivity contribution < 1.29 is 19.1 Å². The number of rotatable bonds is 8. The Labute approximate surface area is 103 Å². The maximum atomic E-state index is 11.4. The van der Waals surface area contributed by atoms with Gasteiger partial charge in [-0.3, -0.25) is 9.59 Å². The van der Waals surface area contributed by atoms with E-state index in [1.54, 1.807) is 6.92 Å². The third-order valence-electron chi connectivity index (χ3n) is 2.53. The molecule has 0 aliphatic carbocycles. The molecule has 0 N–H and O–H groups in total. The topological polar surface area (TPSA) is 55.8 Å². The van der Waals surface area contributed by atoms with Crippen LogP contribution in [0.1, 0.15) is 27.2 Å². The Morgan fingerprint density at radius 1 is 1.29 bits per heavy atom. The number of esters is 2. The fraction of sp³-hybridized carbons (Fsp3) is 0.833. The van der Waals surface area contributed by atoms with Gasteiger partial charge >= 0.3 is 11.9 Å². The molecular formula is C12H23NO4. The molecule has 0 aromatic carbocycles. The highest BCUT2D eigenvalue weighted by Gasteiger charge is 2.17. The van der Waals surface area contributed by atoms with E-state index in [-0.39, 0.29) is 17.9 Å². The first-order chi connectivity index (χ1) is 8.04. The molecule has 17 heavy (non-hydrogen) atoms. The van der Waals surface area contributed by atoms with Crippen LogP contribution in [-0.4, -0.2) is 50.2 Å². The quantitative estimate of drug-likeness (QED) is 0.599. The van der Waals surface area contributed by atoms with E-state index in [0.29, 0.717) is 26.1 Å². The minimum atomic E-state index is -0.229. The molecule has 0 spiro atoms. The fourth-order valence-electron chi connectivity index (χ4n) is 1.48. The summed E-state index contributed by atoms with van der Waals surface area (Å²) in [7, 11) is 1.37. The van der Waals surface area contributed by atoms with Crippen LogP contribution in [0.2, 0.25) is 0 Å². The zero-order valence-electron chi connectivity index (χ0n) is 11.2. The Bertz CT molecular complexity index is 243. The van der Waals surface area contributed by atoms with E-state index in [2.05, 4.69) is 4.74 Å². The molecule has 1 unspecified atom stereocenters. The summed E-state index contributed by atoms with van der Waals surface area (Å²) in [6.07, 6.45) is 0.347. The van der Waals surface area contributed by atoms with Crippen LogP contribution >= 0.6 is 0 Å². The summed E-state index contributed by atoms with van der Waals surface area (Å²) in [4.78, 5) is 24.5. The molecule has 100 valence electrons. The summed E-state index contributed by atoms with van der Waals surface area (Å²) in [6, 6.07) is 0. The number of carbonyl (C=O) groups is 2. The van der Waals surface area contributed by atoms with Gasteiger partial charge in [-0.2, -0.15) is 0 Å². The van der Waals surface area contributed by atoms with Crippen molar-refractivity contribution in [2.45, 2.75) is 27.2 Å². The van der Waals surface area contributed by atoms with Crippen LogP contribution in [0.15, 0.2) is 0 Å². The molecule has 5 nitrogen and oxygen atoms in total. The van der Waals surface area contributed by atoms with E-state index < -0.39 is 0 Å². The van der Waals surface area contributed by atoms with Crippen LogP contribution in [0.5, 0.6) is 0 Å². The highest BCUT2D eigenvalue weighted by molar-refractivity contribution is 5.72. The summed E-state index contributed by atoms with van der Waals surface area (Å²) in [5, 5.41) is 0. The Morgan fingerprint density at radius 2 is 1.94 bits per heavy atom. The van der Waals surface area contributed by atoms with Gasteiger partial charge in [-0.1, -0.05) is 13.8 Å². The van der Waals surface area contributed by atoms with Gasteiger partial charge in [-0.25, -0.2) is 0 Å². The molecule has 0 fully saturated rings. The van der Waals surface area contributed by atoms with E-state index in [4.69, 9.17) is 4.74 Å². The molecule has 1 atom stereocenters. The zero-order valence-corrected chi connectivity index (χ0v) is 11.2. The summed E-state index contributed by atoms with van der Waals surface area (Å²) in [6.45, 7) is 8.02. The lowest BCUT2D eigenvalue weighted by Gasteiger charge is -2.22. The highest BCUT2D eigenvalue weighted by Crippen LogP contribution is 2.04. The van der Waals surface area contributed by atoms with Crippen molar-refractivity contribution in [3.63, 3.8) is 0 Å². The smallest absolute Gasteiger partial charge is 0.309 e. The minimum Gasteiger partial charge on any atom is -0.469 e. The van der Waals surface area contributed by atoms with Crippen LogP contribution in [-0.2, 0) is 19.1 Å². The Morgan fingerprint density at radius 3 is 2.41 bits per heavy atom. The first kappa shape index (κ1) is 15.9. The van der Waals surface area contributed by atoms with Gasteiger partial charge in [-0.15, -0.1) is 0 Å². The van der Waals surface area contributed by atoms with E-state index in [1.807, 2.05) is 18.7 Å². The van der Waals surface area contributed by atoms with Crippen molar-refractivity contribution in [2.24, 2.45) is 5.92 Å². The average molecular weight is 245 g/mol. The Balaban J connectivity index is 4.02. The van der Waals surface area contributed by atoms with Crippen molar-refractivity contribution in [3.05, 3.63) is 0 Å². The lowest BCUT2D eigenvalue weighted by atomic mass is 10.1. The lowest BCUT2D eigenvalue weighted by molar-refractivity contribution is -0.148. The SMILES string of the molecule is CCOC(=O)C(C)CN(CC)CCC(=O)OC. The van der Waals surface area contributed by atoms with Gasteiger partial charge in [0, 0.05) is 13.1 Å². The van der Waals surface area contributed by atoms with Gasteiger partial charge in [0.25, 0.3) is 0 Å². The molecule has 0 aromatic rings. The number of nitrogens with zero attached hydrogens (tertiary/aromatic N) is 1. The van der Waals surface area contributed by atoms with Crippen LogP contribution in [0, 0.1) is 5.92 Å². The number of ether oxygens (including phenoxy) is 2. The normalized spacial score (nSPS) is 12.3. The number of hydrogen-bond donors (Lipinski definition) is 0. The van der Waals surface area contributed by atoms with Crippen molar-refractivity contribution >= 4 is 11.9 Å². The largest absolute Gasteiger partial charge is 0.469 e. The minimum absolute atomic E-state index is 0.174. The molecule has 0 aromatic heterocycles. The summed E-state index contributed by atoms with van der Waals surface area (Å²) >= 11 is 0. The van der Waals surface area contributed by atoms with Gasteiger partial charge in [0.2, 0.25) is 0 Å². The maximum Gasteiger partial charge on any atom is 0.309 e. The monoisotopic (exact) mass is 245 g/mol. The van der Waals surface area contributed by atoms with Crippen LogP contribution in [0.25, 0.3) is 0 Å². The second-order valence-electron chi connectivity index (χ2n) is 3.87. The predicted molar refractivity (Wildman–Crippen MR) is 64.5 cm³/mol. The first-order valence-electron chi connectivity index (χ1n) is 6.00. The second kappa shape index (κ2) is 8.98. The number of hydrogen-bond acceptors (Lipinski definition) is 5. The third kappa shape index (κ3) is 6.94. The molecular weight excluding hydrogens is 222 g/mol. The van der Waals surface area contributed by atoms with E-state index >= 15 is 0 Å². The zero-order chi connectivity index (χ0) is 13.3. The summed E-state index contributed by atoms with van der Waals surface area (Å²) in [5.74, 6) is -0.594. The van der Waals surface area contributed by atoms with E-state index in [1.165, 1.54) is 7.11 Å². The molecule has 5 heteroatoms. The number of carbonyl (C=O) groups excluding carboxylic acids is 2. The molecule has 0 aliphatic heterocycles. The molecule has 0 saturated carbocycles. The van der Waals surface area contributed by atoms with Gasteiger partial charge in [-0.05, 0) is 13.5 Å². The fourth-order valence-corrected chi connectivity index (χ4v) is 1.48. The van der Waals surface area contributed by atoms with Gasteiger partial charge in [0.1, 0.15) is 0 Å². The van der Waals surface area contributed by atoms with Crippen LogP contribution < -0.4 is 0 Å². The summed E-state index contributed by atoms with van der Waals surface area (Å²) in [5.41, 5.74) is 0. The van der Waals surface area contributed by atoms with Gasteiger partial charge in [0.15, 0.2) is 0 Å². The van der Waals surface area contributed by atoms with Crippen molar-refractivity contribution in [1.82, 2.24) is 4.90 Å². The molecule has 0 heterocycles. The molecule has 0 rings (SSSR count). The van der Waals surface area contributed by atoms with E-state index in [0.717, 1.165) is 6.54 Å². The van der Waals surface area contributed by atoms with E-state index in [9.17, 15) is 9.59 Å². The predicted octanol–water partition coefficient (Wildman–Crippen LogP) is 1.07. The molecule has 0 saturated heterocycles.